The summed E-state index contributed by atoms with van der Waals surface area (Å²) in [5.74, 6) is 1.56. The van der Waals surface area contributed by atoms with Crippen molar-refractivity contribution in [1.82, 2.24) is 15.5 Å². The number of nitrogens with one attached hydrogen (secondary N) is 1. The fourth-order valence-electron chi connectivity index (χ4n) is 4.25. The van der Waals surface area contributed by atoms with Crippen molar-refractivity contribution in [3.8, 4) is 28.6 Å². The molecule has 1 aromatic heterocycles. The number of urea groups is 1. The van der Waals surface area contributed by atoms with Crippen molar-refractivity contribution in [3.63, 3.8) is 0 Å². The molecule has 2 heterocycles. The van der Waals surface area contributed by atoms with Gasteiger partial charge in [0, 0.05) is 17.3 Å². The summed E-state index contributed by atoms with van der Waals surface area (Å²) in [5.41, 5.74) is 3.22. The number of amides is 2. The standard InChI is InChI=1S/C27H24N4O5/c1-16-23(26-29-25(30-36-26)17-8-5-4-6-9-17)24(18-12-13-22(35-3)21(32)14-18)28-27(33)31(16)19-10-7-11-20(15-19)34-2/h4-15,24,32H,1-3H3,(H,28,33). The molecule has 1 unspecified atom stereocenters. The number of phenolic OH excluding ortho intramolecular Hbond substituents is 1. The third-order valence-electron chi connectivity index (χ3n) is 6.02. The first-order valence-corrected chi connectivity index (χ1v) is 11.2. The number of nitrogens with zero attached hydrogens (tertiary/aromatic N) is 3. The Labute approximate surface area is 207 Å². The second-order valence-electron chi connectivity index (χ2n) is 8.14. The Bertz CT molecular complexity index is 1450. The van der Waals surface area contributed by atoms with E-state index in [0.717, 1.165) is 5.56 Å². The number of hydrogen-bond acceptors (Lipinski definition) is 7. The first-order valence-electron chi connectivity index (χ1n) is 11.2. The van der Waals surface area contributed by atoms with Gasteiger partial charge in [-0.1, -0.05) is 47.6 Å². The summed E-state index contributed by atoms with van der Waals surface area (Å²) in [5, 5.41) is 17.6. The molecule has 0 saturated heterocycles. The SMILES string of the molecule is COc1cccc(N2C(=O)NC(c3ccc(OC)c(O)c3)C(c3nc(-c4ccccc4)no3)=C2C)c1. The number of rotatable bonds is 6. The van der Waals surface area contributed by atoms with Crippen LogP contribution in [0.25, 0.3) is 17.0 Å². The monoisotopic (exact) mass is 484 g/mol. The quantitative estimate of drug-likeness (QED) is 0.389. The molecule has 4 aromatic rings. The van der Waals surface area contributed by atoms with Crippen LogP contribution in [0, 0.1) is 0 Å². The lowest BCUT2D eigenvalue weighted by molar-refractivity contribution is 0.244. The minimum Gasteiger partial charge on any atom is -0.504 e. The van der Waals surface area contributed by atoms with Gasteiger partial charge in [0.15, 0.2) is 11.5 Å². The Balaban J connectivity index is 1.66. The van der Waals surface area contributed by atoms with Crippen molar-refractivity contribution in [2.75, 3.05) is 19.1 Å². The van der Waals surface area contributed by atoms with E-state index in [2.05, 4.69) is 15.5 Å². The Morgan fingerprint density at radius 2 is 1.81 bits per heavy atom. The van der Waals surface area contributed by atoms with E-state index in [1.54, 1.807) is 37.4 Å². The maximum atomic E-state index is 13.4. The van der Waals surface area contributed by atoms with E-state index < -0.39 is 6.04 Å². The van der Waals surface area contributed by atoms with Crippen LogP contribution in [0.3, 0.4) is 0 Å². The van der Waals surface area contributed by atoms with E-state index in [0.29, 0.717) is 39.8 Å². The summed E-state index contributed by atoms with van der Waals surface area (Å²) in [6.45, 7) is 1.82. The molecule has 1 aliphatic rings. The molecule has 1 atom stereocenters. The molecule has 182 valence electrons. The Morgan fingerprint density at radius 1 is 1.00 bits per heavy atom. The van der Waals surface area contributed by atoms with Crippen LogP contribution in [0.5, 0.6) is 17.2 Å². The highest BCUT2D eigenvalue weighted by atomic mass is 16.5. The van der Waals surface area contributed by atoms with Gasteiger partial charge in [-0.3, -0.25) is 4.90 Å². The van der Waals surface area contributed by atoms with E-state index in [-0.39, 0.29) is 17.7 Å². The molecule has 3 aromatic carbocycles. The van der Waals surface area contributed by atoms with Gasteiger partial charge in [0.2, 0.25) is 5.82 Å². The highest BCUT2D eigenvalue weighted by Gasteiger charge is 2.37. The topological polar surface area (TPSA) is 110 Å². The molecule has 0 radical (unpaired) electrons. The molecule has 1 aliphatic heterocycles. The average Bonchev–Trinajstić information content (AvgIpc) is 3.39. The van der Waals surface area contributed by atoms with Crippen molar-refractivity contribution in [3.05, 3.63) is 89.9 Å². The zero-order chi connectivity index (χ0) is 25.2. The van der Waals surface area contributed by atoms with Crippen molar-refractivity contribution < 1.29 is 23.9 Å². The molecule has 5 rings (SSSR count). The summed E-state index contributed by atoms with van der Waals surface area (Å²) >= 11 is 0. The van der Waals surface area contributed by atoms with Gasteiger partial charge in [0.25, 0.3) is 5.89 Å². The summed E-state index contributed by atoms with van der Waals surface area (Å²) in [4.78, 5) is 19.6. The predicted molar refractivity (Wildman–Crippen MR) is 134 cm³/mol. The highest BCUT2D eigenvalue weighted by Crippen LogP contribution is 2.41. The molecule has 36 heavy (non-hydrogen) atoms. The number of allylic oxidation sites excluding steroid dienone is 1. The summed E-state index contributed by atoms with van der Waals surface area (Å²) < 4.78 is 16.2. The summed E-state index contributed by atoms with van der Waals surface area (Å²) in [6, 6.07) is 20.6. The number of aromatic hydroxyl groups is 1. The van der Waals surface area contributed by atoms with Crippen LogP contribution < -0.4 is 19.7 Å². The first kappa shape index (κ1) is 23.0. The van der Waals surface area contributed by atoms with E-state index >= 15 is 0 Å². The smallest absolute Gasteiger partial charge is 0.327 e. The Morgan fingerprint density at radius 3 is 2.53 bits per heavy atom. The highest BCUT2D eigenvalue weighted by molar-refractivity contribution is 6.01. The maximum Gasteiger partial charge on any atom is 0.327 e. The van der Waals surface area contributed by atoms with Gasteiger partial charge in [-0.15, -0.1) is 0 Å². The van der Waals surface area contributed by atoms with Gasteiger partial charge in [0.1, 0.15) is 5.75 Å². The number of benzene rings is 3. The minimum absolute atomic E-state index is 0.0491. The van der Waals surface area contributed by atoms with E-state index in [4.69, 9.17) is 14.0 Å². The number of ether oxygens (including phenoxy) is 2. The number of phenols is 1. The van der Waals surface area contributed by atoms with Crippen molar-refractivity contribution in [2.45, 2.75) is 13.0 Å². The van der Waals surface area contributed by atoms with Gasteiger partial charge >= 0.3 is 6.03 Å². The lowest BCUT2D eigenvalue weighted by Gasteiger charge is -2.35. The molecule has 0 bridgehead atoms. The third kappa shape index (κ3) is 4.11. The lowest BCUT2D eigenvalue weighted by atomic mass is 9.94. The van der Waals surface area contributed by atoms with Crippen LogP contribution >= 0.6 is 0 Å². The van der Waals surface area contributed by atoms with E-state index in [9.17, 15) is 9.90 Å². The number of hydrogen-bond donors (Lipinski definition) is 2. The normalized spacial score (nSPS) is 15.6. The maximum absolute atomic E-state index is 13.4. The van der Waals surface area contributed by atoms with Crippen LogP contribution in [0.15, 0.2) is 83.0 Å². The molecule has 2 amide bonds. The van der Waals surface area contributed by atoms with Crippen molar-refractivity contribution >= 4 is 17.3 Å². The Hall–Kier alpha value is -4.79. The van der Waals surface area contributed by atoms with Crippen LogP contribution in [0.2, 0.25) is 0 Å². The van der Waals surface area contributed by atoms with Crippen LogP contribution in [-0.2, 0) is 0 Å². The largest absolute Gasteiger partial charge is 0.504 e. The lowest BCUT2D eigenvalue weighted by Crippen LogP contribution is -2.46. The molecule has 9 heteroatoms. The third-order valence-corrected chi connectivity index (χ3v) is 6.02. The van der Waals surface area contributed by atoms with Gasteiger partial charge in [-0.2, -0.15) is 4.98 Å². The molecule has 9 nitrogen and oxygen atoms in total. The number of anilines is 1. The van der Waals surface area contributed by atoms with Crippen LogP contribution in [0.1, 0.15) is 24.4 Å². The zero-order valence-corrected chi connectivity index (χ0v) is 19.9. The predicted octanol–water partition coefficient (Wildman–Crippen LogP) is 5.16. The zero-order valence-electron chi connectivity index (χ0n) is 19.9. The molecule has 0 fully saturated rings. The van der Waals surface area contributed by atoms with Gasteiger partial charge in [-0.05, 0) is 36.8 Å². The molecule has 0 aliphatic carbocycles. The summed E-state index contributed by atoms with van der Waals surface area (Å²) in [6.07, 6.45) is 0. The molecule has 0 saturated carbocycles. The fraction of sp³-hybridized carbons (Fsp3) is 0.148. The van der Waals surface area contributed by atoms with Gasteiger partial charge < -0.3 is 24.4 Å². The minimum atomic E-state index is -0.666. The number of carbonyl (C=O) groups excluding carboxylic acids is 1. The van der Waals surface area contributed by atoms with Crippen molar-refractivity contribution in [2.24, 2.45) is 0 Å². The molecular weight excluding hydrogens is 460 g/mol. The number of aromatic nitrogens is 2. The molecular formula is C27H24N4O5. The average molecular weight is 485 g/mol. The molecule has 2 N–H and O–H groups in total. The summed E-state index contributed by atoms with van der Waals surface area (Å²) in [7, 11) is 3.04. The van der Waals surface area contributed by atoms with Crippen molar-refractivity contribution in [1.29, 1.82) is 0 Å². The number of methoxy groups -OCH3 is 2. The van der Waals surface area contributed by atoms with Crippen LogP contribution in [-0.4, -0.2) is 35.5 Å². The van der Waals surface area contributed by atoms with Gasteiger partial charge in [0.05, 0.1) is 31.5 Å². The molecule has 0 spiro atoms. The second-order valence-corrected chi connectivity index (χ2v) is 8.14. The van der Waals surface area contributed by atoms with Crippen LogP contribution in [0.4, 0.5) is 10.5 Å². The number of carbonyl (C=O) groups is 1. The Kier molecular flexibility index (Phi) is 6.03. The van der Waals surface area contributed by atoms with E-state index in [1.807, 2.05) is 49.4 Å². The van der Waals surface area contributed by atoms with Gasteiger partial charge in [-0.25, -0.2) is 4.79 Å². The first-order chi connectivity index (χ1) is 17.5. The second kappa shape index (κ2) is 9.46. The fourth-order valence-corrected chi connectivity index (χ4v) is 4.25. The van der Waals surface area contributed by atoms with E-state index in [1.165, 1.54) is 12.0 Å².